The Hall–Kier alpha value is -3.34. The van der Waals surface area contributed by atoms with Gasteiger partial charge in [-0.2, -0.15) is 0 Å². The van der Waals surface area contributed by atoms with E-state index in [0.717, 1.165) is 22.7 Å². The number of anilines is 2. The van der Waals surface area contributed by atoms with E-state index in [1.165, 1.54) is 11.1 Å². The summed E-state index contributed by atoms with van der Waals surface area (Å²) in [4.78, 5) is 16.6. The average molecular weight is 375 g/mol. The van der Waals surface area contributed by atoms with E-state index in [9.17, 15) is 4.79 Å². The number of carbonyl (C=O) groups is 1. The van der Waals surface area contributed by atoms with Crippen molar-refractivity contribution in [1.29, 1.82) is 0 Å². The zero-order valence-corrected chi connectivity index (χ0v) is 16.5. The van der Waals surface area contributed by atoms with Crippen LogP contribution in [0.3, 0.4) is 0 Å². The van der Waals surface area contributed by atoms with Gasteiger partial charge in [-0.05, 0) is 67.3 Å². The fourth-order valence-electron chi connectivity index (χ4n) is 3.13. The van der Waals surface area contributed by atoms with Crippen LogP contribution in [0.4, 0.5) is 11.4 Å². The normalized spacial score (nSPS) is 10.4. The van der Waals surface area contributed by atoms with Crippen molar-refractivity contribution in [2.24, 2.45) is 0 Å². The third-order valence-electron chi connectivity index (χ3n) is 4.38. The van der Waals surface area contributed by atoms with E-state index < -0.39 is 0 Å². The monoisotopic (exact) mass is 375 g/mol. The minimum Gasteiger partial charge on any atom is -0.496 e. The number of rotatable bonds is 7. The Kier molecular flexibility index (Phi) is 6.27. The van der Waals surface area contributed by atoms with Crippen molar-refractivity contribution in [2.45, 2.75) is 20.3 Å². The van der Waals surface area contributed by atoms with Gasteiger partial charge in [-0.1, -0.05) is 24.3 Å². The predicted octanol–water partition coefficient (Wildman–Crippen LogP) is 4.42. The van der Waals surface area contributed by atoms with E-state index in [4.69, 9.17) is 4.74 Å². The Labute approximate surface area is 165 Å². The summed E-state index contributed by atoms with van der Waals surface area (Å²) in [5.41, 5.74) is 5.70. The largest absolute Gasteiger partial charge is 0.496 e. The highest BCUT2D eigenvalue weighted by molar-refractivity contribution is 5.92. The molecule has 5 nitrogen and oxygen atoms in total. The molecule has 0 aliphatic heterocycles. The molecule has 0 spiro atoms. The second-order valence-corrected chi connectivity index (χ2v) is 6.75. The molecule has 3 rings (SSSR count). The van der Waals surface area contributed by atoms with Crippen LogP contribution in [0.2, 0.25) is 0 Å². The second kappa shape index (κ2) is 9.04. The SMILES string of the molecule is COc1ccccc1CCNC(=O)c1ccc(Nc2cc(C)cc(C)c2)cn1. The van der Waals surface area contributed by atoms with Crippen LogP contribution in [-0.4, -0.2) is 24.5 Å². The van der Waals surface area contributed by atoms with Gasteiger partial charge in [-0.25, -0.2) is 4.98 Å². The highest BCUT2D eigenvalue weighted by atomic mass is 16.5. The molecule has 0 fully saturated rings. The van der Waals surface area contributed by atoms with E-state index >= 15 is 0 Å². The zero-order chi connectivity index (χ0) is 19.9. The van der Waals surface area contributed by atoms with Crippen molar-refractivity contribution in [3.05, 3.63) is 83.2 Å². The van der Waals surface area contributed by atoms with Crippen LogP contribution in [0.15, 0.2) is 60.8 Å². The van der Waals surface area contributed by atoms with Gasteiger partial charge >= 0.3 is 0 Å². The third kappa shape index (κ3) is 5.10. The number of ether oxygens (including phenoxy) is 1. The second-order valence-electron chi connectivity index (χ2n) is 6.75. The summed E-state index contributed by atoms with van der Waals surface area (Å²) in [7, 11) is 1.65. The van der Waals surface area contributed by atoms with Gasteiger partial charge in [0.05, 0.1) is 19.0 Å². The number of aromatic nitrogens is 1. The molecule has 0 aliphatic carbocycles. The number of benzene rings is 2. The number of nitrogens with one attached hydrogen (secondary N) is 2. The van der Waals surface area contributed by atoms with Crippen molar-refractivity contribution in [1.82, 2.24) is 10.3 Å². The third-order valence-corrected chi connectivity index (χ3v) is 4.38. The molecule has 3 aromatic rings. The summed E-state index contributed by atoms with van der Waals surface area (Å²) in [6.07, 6.45) is 2.37. The van der Waals surface area contributed by atoms with E-state index in [2.05, 4.69) is 47.7 Å². The Morgan fingerprint density at radius 3 is 2.43 bits per heavy atom. The summed E-state index contributed by atoms with van der Waals surface area (Å²) in [5, 5.41) is 6.23. The molecular weight excluding hydrogens is 350 g/mol. The van der Waals surface area contributed by atoms with E-state index in [1.54, 1.807) is 19.4 Å². The molecule has 0 atom stereocenters. The van der Waals surface area contributed by atoms with Gasteiger partial charge in [0.25, 0.3) is 5.91 Å². The van der Waals surface area contributed by atoms with Gasteiger partial charge < -0.3 is 15.4 Å². The number of para-hydroxylation sites is 1. The molecule has 0 saturated heterocycles. The molecule has 0 radical (unpaired) electrons. The molecule has 0 unspecified atom stereocenters. The number of amides is 1. The number of nitrogens with zero attached hydrogens (tertiary/aromatic N) is 1. The minimum absolute atomic E-state index is 0.187. The van der Waals surface area contributed by atoms with Gasteiger partial charge in [0, 0.05) is 12.2 Å². The molecule has 0 aliphatic rings. The standard InChI is InChI=1S/C23H25N3O2/c1-16-12-17(2)14-20(13-16)26-19-8-9-21(25-15-19)23(27)24-11-10-18-6-4-5-7-22(18)28-3/h4-9,12-15,26H,10-11H2,1-3H3,(H,24,27). The highest BCUT2D eigenvalue weighted by Crippen LogP contribution is 2.19. The van der Waals surface area contributed by atoms with Crippen LogP contribution < -0.4 is 15.4 Å². The zero-order valence-electron chi connectivity index (χ0n) is 16.5. The van der Waals surface area contributed by atoms with Gasteiger partial charge in [0.1, 0.15) is 11.4 Å². The first-order chi connectivity index (χ1) is 13.5. The highest BCUT2D eigenvalue weighted by Gasteiger charge is 2.08. The van der Waals surface area contributed by atoms with E-state index in [1.807, 2.05) is 30.3 Å². The van der Waals surface area contributed by atoms with Crippen LogP contribution >= 0.6 is 0 Å². The van der Waals surface area contributed by atoms with Crippen molar-refractivity contribution in [3.63, 3.8) is 0 Å². The molecule has 1 amide bonds. The number of carbonyl (C=O) groups excluding carboxylic acids is 1. The number of hydrogen-bond donors (Lipinski definition) is 2. The van der Waals surface area contributed by atoms with Gasteiger partial charge in [0.15, 0.2) is 0 Å². The van der Waals surface area contributed by atoms with E-state index in [-0.39, 0.29) is 5.91 Å². The Morgan fingerprint density at radius 2 is 1.75 bits per heavy atom. The lowest BCUT2D eigenvalue weighted by atomic mass is 10.1. The summed E-state index contributed by atoms with van der Waals surface area (Å²) in [6.45, 7) is 4.65. The first-order valence-electron chi connectivity index (χ1n) is 9.26. The van der Waals surface area contributed by atoms with Crippen LogP contribution in [0.1, 0.15) is 27.2 Å². The molecule has 1 heterocycles. The van der Waals surface area contributed by atoms with Crippen LogP contribution in [0.5, 0.6) is 5.75 Å². The molecule has 5 heteroatoms. The lowest BCUT2D eigenvalue weighted by molar-refractivity contribution is 0.0949. The van der Waals surface area contributed by atoms with Crippen molar-refractivity contribution < 1.29 is 9.53 Å². The lowest BCUT2D eigenvalue weighted by Gasteiger charge is -2.10. The molecule has 2 aromatic carbocycles. The number of methoxy groups -OCH3 is 1. The van der Waals surface area contributed by atoms with Crippen molar-refractivity contribution >= 4 is 17.3 Å². The Morgan fingerprint density at radius 1 is 1.00 bits per heavy atom. The molecule has 28 heavy (non-hydrogen) atoms. The predicted molar refractivity (Wildman–Crippen MR) is 112 cm³/mol. The molecule has 2 N–H and O–H groups in total. The van der Waals surface area contributed by atoms with E-state index in [0.29, 0.717) is 18.7 Å². The summed E-state index contributed by atoms with van der Waals surface area (Å²) in [6, 6.07) is 17.7. The smallest absolute Gasteiger partial charge is 0.269 e. The van der Waals surface area contributed by atoms with Gasteiger partial charge in [-0.15, -0.1) is 0 Å². The molecule has 0 saturated carbocycles. The fourth-order valence-corrected chi connectivity index (χ4v) is 3.13. The Balaban J connectivity index is 1.56. The first-order valence-corrected chi connectivity index (χ1v) is 9.26. The minimum atomic E-state index is -0.187. The van der Waals surface area contributed by atoms with Gasteiger partial charge in [0.2, 0.25) is 0 Å². The quantitative estimate of drug-likeness (QED) is 0.641. The first kappa shape index (κ1) is 19.4. The maximum absolute atomic E-state index is 12.3. The van der Waals surface area contributed by atoms with Crippen LogP contribution in [0.25, 0.3) is 0 Å². The maximum atomic E-state index is 12.3. The summed E-state index contributed by atoms with van der Waals surface area (Å²) < 4.78 is 5.33. The molecule has 0 bridgehead atoms. The average Bonchev–Trinajstić information content (AvgIpc) is 2.68. The number of hydrogen-bond acceptors (Lipinski definition) is 4. The number of aryl methyl sites for hydroxylation is 2. The maximum Gasteiger partial charge on any atom is 0.269 e. The summed E-state index contributed by atoms with van der Waals surface area (Å²) in [5.74, 6) is 0.643. The van der Waals surface area contributed by atoms with Crippen molar-refractivity contribution in [3.8, 4) is 5.75 Å². The molecule has 1 aromatic heterocycles. The topological polar surface area (TPSA) is 63.2 Å². The van der Waals surface area contributed by atoms with Crippen molar-refractivity contribution in [2.75, 3.05) is 19.0 Å². The van der Waals surface area contributed by atoms with Crippen LogP contribution in [0, 0.1) is 13.8 Å². The van der Waals surface area contributed by atoms with Crippen LogP contribution in [-0.2, 0) is 6.42 Å². The number of pyridine rings is 1. The van der Waals surface area contributed by atoms with Gasteiger partial charge in [-0.3, -0.25) is 4.79 Å². The lowest BCUT2D eigenvalue weighted by Crippen LogP contribution is -2.26. The summed E-state index contributed by atoms with van der Waals surface area (Å²) >= 11 is 0. The Bertz CT molecular complexity index is 932. The fraction of sp³-hybridized carbons (Fsp3) is 0.217. The molecule has 144 valence electrons. The molecular formula is C23H25N3O2.